The molecule has 1 aliphatic carbocycles. The molecule has 2 rings (SSSR count). The van der Waals surface area contributed by atoms with Gasteiger partial charge in [0.15, 0.2) is 0 Å². The van der Waals surface area contributed by atoms with E-state index in [1.807, 2.05) is 12.3 Å². The molecule has 0 aromatic carbocycles. The molecule has 3 nitrogen and oxygen atoms in total. The quantitative estimate of drug-likeness (QED) is 0.814. The van der Waals surface area contributed by atoms with Crippen LogP contribution in [-0.2, 0) is 0 Å². The second kappa shape index (κ2) is 7.02. The third-order valence-corrected chi connectivity index (χ3v) is 4.25. The van der Waals surface area contributed by atoms with Crippen LogP contribution in [0.5, 0.6) is 0 Å². The second-order valence-corrected chi connectivity index (χ2v) is 6.52. The highest BCUT2D eigenvalue weighted by atomic mass is 32.1. The zero-order valence-corrected chi connectivity index (χ0v) is 13.3. The monoisotopic (exact) mass is 291 g/mol. The van der Waals surface area contributed by atoms with Crippen molar-refractivity contribution in [3.8, 4) is 0 Å². The van der Waals surface area contributed by atoms with Crippen molar-refractivity contribution in [1.82, 2.24) is 4.98 Å². The van der Waals surface area contributed by atoms with Crippen LogP contribution >= 0.6 is 12.2 Å². The Hall–Kier alpha value is -1.16. The van der Waals surface area contributed by atoms with Gasteiger partial charge in [0.2, 0.25) is 0 Å². The molecule has 0 unspecified atom stereocenters. The van der Waals surface area contributed by atoms with Crippen LogP contribution in [0.2, 0.25) is 0 Å². The van der Waals surface area contributed by atoms with E-state index < -0.39 is 0 Å². The Balaban J connectivity index is 2.20. The summed E-state index contributed by atoms with van der Waals surface area (Å²) in [7, 11) is 0. The highest BCUT2D eigenvalue weighted by Crippen LogP contribution is 2.29. The van der Waals surface area contributed by atoms with Crippen LogP contribution in [0, 0.1) is 5.92 Å². The second-order valence-electron chi connectivity index (χ2n) is 6.08. The molecule has 4 heteroatoms. The summed E-state index contributed by atoms with van der Waals surface area (Å²) in [5.41, 5.74) is 7.65. The predicted octanol–water partition coefficient (Wildman–Crippen LogP) is 3.51. The molecule has 0 radical (unpaired) electrons. The van der Waals surface area contributed by atoms with Crippen molar-refractivity contribution < 1.29 is 0 Å². The van der Waals surface area contributed by atoms with E-state index in [1.54, 1.807) is 0 Å². The standard InChI is InChI=1S/C16H25N3S/c1-12(2)8-10-19(13-5-3-4-6-13)14-7-9-18-15(11-14)16(17)20/h7,9,11-13H,3-6,8,10H2,1-2H3,(H2,17,20). The summed E-state index contributed by atoms with van der Waals surface area (Å²) in [6.45, 7) is 5.66. The lowest BCUT2D eigenvalue weighted by molar-refractivity contribution is 0.528. The van der Waals surface area contributed by atoms with Gasteiger partial charge in [0, 0.05) is 24.5 Å². The molecular formula is C16H25N3S. The lowest BCUT2D eigenvalue weighted by Gasteiger charge is -2.32. The van der Waals surface area contributed by atoms with Crippen molar-refractivity contribution in [1.29, 1.82) is 0 Å². The van der Waals surface area contributed by atoms with Crippen molar-refractivity contribution in [2.75, 3.05) is 11.4 Å². The normalized spacial score (nSPS) is 15.8. The molecule has 0 bridgehead atoms. The first-order valence-corrected chi connectivity index (χ1v) is 8.01. The van der Waals surface area contributed by atoms with E-state index in [2.05, 4.69) is 29.8 Å². The SMILES string of the molecule is CC(C)CCN(c1ccnc(C(N)=S)c1)C1CCCC1. The number of nitrogens with two attached hydrogens (primary N) is 1. The average Bonchev–Trinajstić information content (AvgIpc) is 2.93. The van der Waals surface area contributed by atoms with Gasteiger partial charge >= 0.3 is 0 Å². The van der Waals surface area contributed by atoms with Crippen LogP contribution in [-0.4, -0.2) is 22.6 Å². The van der Waals surface area contributed by atoms with Crippen LogP contribution < -0.4 is 10.6 Å². The molecule has 0 aliphatic heterocycles. The van der Waals surface area contributed by atoms with Crippen molar-refractivity contribution in [3.05, 3.63) is 24.0 Å². The van der Waals surface area contributed by atoms with E-state index in [-0.39, 0.29) is 0 Å². The largest absolute Gasteiger partial charge is 0.388 e. The van der Waals surface area contributed by atoms with Crippen LogP contribution in [0.3, 0.4) is 0 Å². The summed E-state index contributed by atoms with van der Waals surface area (Å²) in [6, 6.07) is 4.79. The molecule has 110 valence electrons. The van der Waals surface area contributed by atoms with E-state index in [4.69, 9.17) is 18.0 Å². The summed E-state index contributed by atoms with van der Waals surface area (Å²) < 4.78 is 0. The molecule has 0 spiro atoms. The number of hydrogen-bond acceptors (Lipinski definition) is 3. The number of thiocarbonyl (C=S) groups is 1. The average molecular weight is 291 g/mol. The van der Waals surface area contributed by atoms with Crippen LogP contribution in [0.25, 0.3) is 0 Å². The first-order chi connectivity index (χ1) is 9.58. The summed E-state index contributed by atoms with van der Waals surface area (Å²) in [5.74, 6) is 0.718. The Kier molecular flexibility index (Phi) is 5.35. The summed E-state index contributed by atoms with van der Waals surface area (Å²) >= 11 is 5.05. The first kappa shape index (κ1) is 15.2. The van der Waals surface area contributed by atoms with Crippen molar-refractivity contribution in [2.45, 2.75) is 52.0 Å². The van der Waals surface area contributed by atoms with Gasteiger partial charge in [-0.25, -0.2) is 0 Å². The first-order valence-electron chi connectivity index (χ1n) is 7.60. The zero-order chi connectivity index (χ0) is 14.5. The third kappa shape index (κ3) is 3.92. The molecule has 0 amide bonds. The Labute approximate surface area is 127 Å². The van der Waals surface area contributed by atoms with Gasteiger partial charge in [-0.2, -0.15) is 0 Å². The Morgan fingerprint density at radius 3 is 2.75 bits per heavy atom. The molecule has 1 aromatic rings. The number of rotatable bonds is 6. The summed E-state index contributed by atoms with van der Waals surface area (Å²) in [6.07, 6.45) is 8.31. The van der Waals surface area contributed by atoms with Crippen LogP contribution in [0.1, 0.15) is 51.6 Å². The molecule has 0 atom stereocenters. The molecule has 1 fully saturated rings. The number of anilines is 1. The summed E-state index contributed by atoms with van der Waals surface area (Å²) in [5, 5.41) is 0. The number of aromatic nitrogens is 1. The van der Waals surface area contributed by atoms with Crippen molar-refractivity contribution in [2.24, 2.45) is 11.7 Å². The lowest BCUT2D eigenvalue weighted by Crippen LogP contribution is -2.35. The smallest absolute Gasteiger partial charge is 0.122 e. The minimum atomic E-state index is 0.377. The molecule has 1 aliphatic rings. The third-order valence-electron chi connectivity index (χ3n) is 4.04. The molecule has 20 heavy (non-hydrogen) atoms. The van der Waals surface area contributed by atoms with Crippen LogP contribution in [0.4, 0.5) is 5.69 Å². The Morgan fingerprint density at radius 2 is 2.15 bits per heavy atom. The topological polar surface area (TPSA) is 42.2 Å². The van der Waals surface area contributed by atoms with E-state index in [9.17, 15) is 0 Å². The van der Waals surface area contributed by atoms with Gasteiger partial charge in [0.1, 0.15) is 4.99 Å². The number of pyridine rings is 1. The van der Waals surface area contributed by atoms with Gasteiger partial charge in [0.05, 0.1) is 5.69 Å². The summed E-state index contributed by atoms with van der Waals surface area (Å²) in [4.78, 5) is 7.17. The van der Waals surface area contributed by atoms with Gasteiger partial charge in [-0.15, -0.1) is 0 Å². The highest BCUT2D eigenvalue weighted by Gasteiger charge is 2.23. The van der Waals surface area contributed by atoms with Gasteiger partial charge in [-0.1, -0.05) is 38.9 Å². The minimum absolute atomic E-state index is 0.377. The van der Waals surface area contributed by atoms with E-state index in [0.29, 0.717) is 11.0 Å². The van der Waals surface area contributed by atoms with Crippen molar-refractivity contribution in [3.63, 3.8) is 0 Å². The number of nitrogens with zero attached hydrogens (tertiary/aromatic N) is 2. The fraction of sp³-hybridized carbons (Fsp3) is 0.625. The molecular weight excluding hydrogens is 266 g/mol. The zero-order valence-electron chi connectivity index (χ0n) is 12.5. The predicted molar refractivity (Wildman–Crippen MR) is 89.2 cm³/mol. The highest BCUT2D eigenvalue weighted by molar-refractivity contribution is 7.80. The molecule has 2 N–H and O–H groups in total. The van der Waals surface area contributed by atoms with Gasteiger partial charge < -0.3 is 10.6 Å². The van der Waals surface area contributed by atoms with Crippen molar-refractivity contribution >= 4 is 22.9 Å². The maximum absolute atomic E-state index is 5.71. The van der Waals surface area contributed by atoms with Gasteiger partial charge in [0.25, 0.3) is 0 Å². The van der Waals surface area contributed by atoms with E-state index >= 15 is 0 Å². The molecule has 1 saturated carbocycles. The molecule has 1 heterocycles. The molecule has 1 aromatic heterocycles. The van der Waals surface area contributed by atoms with Gasteiger partial charge in [-0.3, -0.25) is 4.98 Å². The van der Waals surface area contributed by atoms with E-state index in [1.165, 1.54) is 37.8 Å². The molecule has 0 saturated heterocycles. The van der Waals surface area contributed by atoms with Gasteiger partial charge in [-0.05, 0) is 37.3 Å². The Morgan fingerprint density at radius 1 is 1.45 bits per heavy atom. The number of hydrogen-bond donors (Lipinski definition) is 1. The maximum atomic E-state index is 5.71. The minimum Gasteiger partial charge on any atom is -0.388 e. The van der Waals surface area contributed by atoms with Crippen LogP contribution in [0.15, 0.2) is 18.3 Å². The Bertz CT molecular complexity index is 453. The van der Waals surface area contributed by atoms with E-state index in [0.717, 1.165) is 18.2 Å². The lowest BCUT2D eigenvalue weighted by atomic mass is 10.1. The maximum Gasteiger partial charge on any atom is 0.122 e. The fourth-order valence-corrected chi connectivity index (χ4v) is 2.98. The fourth-order valence-electron chi connectivity index (χ4n) is 2.87.